The lowest BCUT2D eigenvalue weighted by molar-refractivity contribution is -0.129. The van der Waals surface area contributed by atoms with Crippen LogP contribution in [0.15, 0.2) is 49.1 Å². The number of nitrogens with zero attached hydrogens (tertiary/aromatic N) is 6. The number of fused-ring (bicyclic) bond motifs is 3. The first kappa shape index (κ1) is 32.3. The van der Waals surface area contributed by atoms with Crippen LogP contribution in [0.4, 0.5) is 8.78 Å². The monoisotopic (exact) mass is 678 g/mol. The van der Waals surface area contributed by atoms with Crippen LogP contribution in [0, 0.1) is 18.6 Å². The van der Waals surface area contributed by atoms with Crippen molar-refractivity contribution in [2.45, 2.75) is 77.2 Å². The Bertz CT molecular complexity index is 2200. The van der Waals surface area contributed by atoms with Crippen molar-refractivity contribution in [1.29, 1.82) is 0 Å². The first-order valence-corrected chi connectivity index (χ1v) is 17.3. The van der Waals surface area contributed by atoms with E-state index in [-0.39, 0.29) is 41.5 Å². The van der Waals surface area contributed by atoms with Crippen molar-refractivity contribution in [2.75, 3.05) is 13.7 Å². The summed E-state index contributed by atoms with van der Waals surface area (Å²) < 4.78 is 46.9. The lowest BCUT2D eigenvalue weighted by Crippen LogP contribution is -2.42. The summed E-state index contributed by atoms with van der Waals surface area (Å²) in [6, 6.07) is 9.93. The highest BCUT2D eigenvalue weighted by Crippen LogP contribution is 2.48. The van der Waals surface area contributed by atoms with Gasteiger partial charge in [-0.3, -0.25) is 14.2 Å². The van der Waals surface area contributed by atoms with Crippen molar-refractivity contribution < 1.29 is 23.0 Å². The van der Waals surface area contributed by atoms with Gasteiger partial charge in [0.15, 0.2) is 0 Å². The molecule has 2 atom stereocenters. The molecule has 258 valence electrons. The molecule has 3 aliphatic rings. The van der Waals surface area contributed by atoms with Crippen LogP contribution >= 0.6 is 0 Å². The quantitative estimate of drug-likeness (QED) is 0.166. The Morgan fingerprint density at radius 3 is 2.54 bits per heavy atom. The summed E-state index contributed by atoms with van der Waals surface area (Å²) in [6.07, 6.45) is 4.72. The van der Waals surface area contributed by atoms with E-state index in [0.29, 0.717) is 42.8 Å². The molecule has 1 aliphatic heterocycles. The molecule has 3 aromatic heterocycles. The Kier molecular flexibility index (Phi) is 7.85. The molecule has 2 aliphatic carbocycles. The van der Waals surface area contributed by atoms with E-state index in [1.54, 1.807) is 12.0 Å². The molecule has 0 N–H and O–H groups in total. The minimum atomic E-state index is -0.716. The van der Waals surface area contributed by atoms with Crippen molar-refractivity contribution in [3.63, 3.8) is 0 Å². The average Bonchev–Trinajstić information content (AvgIpc) is 3.81. The standard InChI is InChI=1S/C39H40F2N6O3/c1-7-35(48)46-19-20(2)47-33(22(46)4)18-32(44-47)39-36(37-30(41)14-24(40)15-34(37)50-26-16-25(17-26)49-6)28-9-8-10-29(28)38(42-39)23-11-12-27-21(3)45(5)43-31(27)13-23/h7,11-15,18,20,22,25-26H,1,8-10,16-17,19H2,2-6H3/t20-,22+,25?,26?/m0/s1. The highest BCUT2D eigenvalue weighted by molar-refractivity contribution is 5.92. The van der Waals surface area contributed by atoms with E-state index in [9.17, 15) is 9.18 Å². The van der Waals surface area contributed by atoms with E-state index in [0.717, 1.165) is 63.6 Å². The van der Waals surface area contributed by atoms with Gasteiger partial charge < -0.3 is 14.4 Å². The molecule has 1 amide bonds. The molecule has 0 bridgehead atoms. The molecule has 0 unspecified atom stereocenters. The summed E-state index contributed by atoms with van der Waals surface area (Å²) in [5.74, 6) is -1.44. The maximum atomic E-state index is 16.4. The molecule has 0 saturated heterocycles. The second-order valence-electron chi connectivity index (χ2n) is 13.9. The van der Waals surface area contributed by atoms with Gasteiger partial charge in [-0.25, -0.2) is 13.8 Å². The minimum Gasteiger partial charge on any atom is -0.489 e. The summed E-state index contributed by atoms with van der Waals surface area (Å²) in [4.78, 5) is 20.0. The number of benzene rings is 2. The van der Waals surface area contributed by atoms with Gasteiger partial charge in [0.2, 0.25) is 5.91 Å². The first-order valence-electron chi connectivity index (χ1n) is 17.3. The van der Waals surface area contributed by atoms with E-state index in [4.69, 9.17) is 24.7 Å². The van der Waals surface area contributed by atoms with Crippen LogP contribution in [-0.2, 0) is 29.4 Å². The molecule has 5 aromatic rings. The molecule has 9 nitrogen and oxygen atoms in total. The zero-order valence-corrected chi connectivity index (χ0v) is 29.0. The minimum absolute atomic E-state index is 0.0521. The number of carbonyl (C=O) groups excluding carboxylic acids is 1. The van der Waals surface area contributed by atoms with Crippen LogP contribution in [0.3, 0.4) is 0 Å². The number of aromatic nitrogens is 5. The predicted molar refractivity (Wildman–Crippen MR) is 187 cm³/mol. The summed E-state index contributed by atoms with van der Waals surface area (Å²) in [5.41, 5.74) is 8.25. The van der Waals surface area contributed by atoms with Gasteiger partial charge in [-0.1, -0.05) is 18.7 Å². The molecule has 1 fully saturated rings. The SMILES string of the molecule is C=CC(=O)N1C[C@H](C)n2nc(-c3nc(-c4ccc5c(C)n(C)nc5c4)c4c(c3-c3c(F)cc(F)cc3OC3CC(OC)C3)CCC4)cc2[C@H]1C. The number of methoxy groups -OCH3 is 1. The summed E-state index contributed by atoms with van der Waals surface area (Å²) in [6.45, 7) is 10.2. The third-order valence-corrected chi connectivity index (χ3v) is 10.9. The van der Waals surface area contributed by atoms with Gasteiger partial charge in [-0.15, -0.1) is 0 Å². The van der Waals surface area contributed by atoms with Gasteiger partial charge in [-0.2, -0.15) is 10.2 Å². The van der Waals surface area contributed by atoms with Crippen LogP contribution in [-0.4, -0.2) is 61.2 Å². The zero-order valence-electron chi connectivity index (χ0n) is 29.0. The van der Waals surface area contributed by atoms with Crippen LogP contribution in [0.5, 0.6) is 5.75 Å². The van der Waals surface area contributed by atoms with Crippen molar-refractivity contribution in [2.24, 2.45) is 7.05 Å². The number of aryl methyl sites for hydroxylation is 2. The third-order valence-electron chi connectivity index (χ3n) is 10.9. The lowest BCUT2D eigenvalue weighted by atomic mass is 9.89. The Hall–Kier alpha value is -4.90. The molecule has 4 heterocycles. The fourth-order valence-corrected chi connectivity index (χ4v) is 7.97. The maximum Gasteiger partial charge on any atom is 0.246 e. The number of amides is 1. The zero-order chi connectivity index (χ0) is 35.0. The summed E-state index contributed by atoms with van der Waals surface area (Å²) >= 11 is 0. The lowest BCUT2D eigenvalue weighted by Gasteiger charge is -2.36. The van der Waals surface area contributed by atoms with E-state index >= 15 is 4.39 Å². The van der Waals surface area contributed by atoms with Gasteiger partial charge >= 0.3 is 0 Å². The number of rotatable bonds is 7. The van der Waals surface area contributed by atoms with Crippen molar-refractivity contribution in [1.82, 2.24) is 29.4 Å². The van der Waals surface area contributed by atoms with Gasteiger partial charge in [0.25, 0.3) is 0 Å². The Morgan fingerprint density at radius 1 is 1.00 bits per heavy atom. The topological polar surface area (TPSA) is 87.3 Å². The maximum absolute atomic E-state index is 16.4. The van der Waals surface area contributed by atoms with E-state index in [1.807, 2.05) is 43.2 Å². The Balaban J connectivity index is 1.37. The number of ether oxygens (including phenoxy) is 2. The highest BCUT2D eigenvalue weighted by Gasteiger charge is 2.37. The van der Waals surface area contributed by atoms with Gasteiger partial charge in [0.05, 0.1) is 46.3 Å². The molecule has 11 heteroatoms. The van der Waals surface area contributed by atoms with E-state index in [1.165, 1.54) is 12.1 Å². The Morgan fingerprint density at radius 2 is 1.78 bits per heavy atom. The van der Waals surface area contributed by atoms with Gasteiger partial charge in [-0.05, 0) is 69.4 Å². The molecule has 8 rings (SSSR count). The largest absolute Gasteiger partial charge is 0.489 e. The average molecular weight is 679 g/mol. The van der Waals surface area contributed by atoms with E-state index in [2.05, 4.69) is 24.8 Å². The second-order valence-corrected chi connectivity index (χ2v) is 13.9. The molecule has 1 saturated carbocycles. The summed E-state index contributed by atoms with van der Waals surface area (Å²) in [7, 11) is 3.59. The Labute approximate surface area is 289 Å². The number of halogens is 2. The number of pyridine rings is 1. The first-order chi connectivity index (χ1) is 24.1. The van der Waals surface area contributed by atoms with Gasteiger partial charge in [0.1, 0.15) is 29.2 Å². The highest BCUT2D eigenvalue weighted by atomic mass is 19.1. The van der Waals surface area contributed by atoms with Crippen LogP contribution in [0.2, 0.25) is 0 Å². The fourth-order valence-electron chi connectivity index (χ4n) is 7.97. The van der Waals surface area contributed by atoms with Crippen LogP contribution in [0.1, 0.15) is 67.7 Å². The fraction of sp³-hybridized carbons (Fsp3) is 0.385. The molecule has 0 radical (unpaired) electrons. The molecule has 0 spiro atoms. The molecule has 2 aromatic carbocycles. The number of hydrogen-bond acceptors (Lipinski definition) is 6. The summed E-state index contributed by atoms with van der Waals surface area (Å²) in [5, 5.41) is 10.9. The normalized spacial score (nSPS) is 21.2. The van der Waals surface area contributed by atoms with Crippen molar-refractivity contribution >= 4 is 16.8 Å². The molecular weight excluding hydrogens is 638 g/mol. The van der Waals surface area contributed by atoms with Crippen LogP contribution < -0.4 is 4.74 Å². The van der Waals surface area contributed by atoms with Crippen molar-refractivity contribution in [3.05, 3.63) is 83.2 Å². The number of hydrogen-bond donors (Lipinski definition) is 0. The molecular formula is C39H40F2N6O3. The van der Waals surface area contributed by atoms with Crippen molar-refractivity contribution in [3.8, 4) is 39.5 Å². The second kappa shape index (κ2) is 12.2. The third kappa shape index (κ3) is 5.12. The number of carbonyl (C=O) groups is 1. The van der Waals surface area contributed by atoms with Crippen LogP contribution in [0.25, 0.3) is 44.7 Å². The molecule has 50 heavy (non-hydrogen) atoms. The predicted octanol–water partition coefficient (Wildman–Crippen LogP) is 7.45. The smallest absolute Gasteiger partial charge is 0.246 e. The van der Waals surface area contributed by atoms with Gasteiger partial charge in [0, 0.05) is 67.9 Å². The van der Waals surface area contributed by atoms with E-state index < -0.39 is 11.6 Å².